The average Bonchev–Trinajstić information content (AvgIpc) is 2.12. The smallest absolute Gasteiger partial charge is 0.173 e. The Morgan fingerprint density at radius 1 is 1.43 bits per heavy atom. The second-order valence-electron chi connectivity index (χ2n) is 3.34. The highest BCUT2D eigenvalue weighted by Gasteiger charge is 2.28. The molecule has 0 aliphatic carbocycles. The fourth-order valence-electron chi connectivity index (χ4n) is 1.44. The Morgan fingerprint density at radius 3 is 2.86 bits per heavy atom. The van der Waals surface area contributed by atoms with Gasteiger partial charge in [-0.1, -0.05) is 6.92 Å². The van der Waals surface area contributed by atoms with Gasteiger partial charge < -0.3 is 4.74 Å². The van der Waals surface area contributed by atoms with Crippen LogP contribution in [-0.2, 0) is 0 Å². The molecule has 0 radical (unpaired) electrons. The maximum absolute atomic E-state index is 13.1. The minimum atomic E-state index is -0.819. The SMILES string of the molecule is CC1COc2c(F)cc(F)cc2C1=O. The molecule has 1 aliphatic rings. The van der Waals surface area contributed by atoms with Gasteiger partial charge in [0.25, 0.3) is 0 Å². The van der Waals surface area contributed by atoms with Gasteiger partial charge in [-0.2, -0.15) is 0 Å². The van der Waals surface area contributed by atoms with E-state index in [1.807, 2.05) is 0 Å². The molecule has 0 saturated carbocycles. The number of ether oxygens (including phenoxy) is 1. The number of carbonyl (C=O) groups is 1. The molecule has 0 spiro atoms. The number of benzene rings is 1. The summed E-state index contributed by atoms with van der Waals surface area (Å²) in [5.41, 5.74) is 0.00116. The first-order valence-electron chi connectivity index (χ1n) is 4.25. The summed E-state index contributed by atoms with van der Waals surface area (Å²) in [7, 11) is 0. The Bertz CT molecular complexity index is 401. The van der Waals surface area contributed by atoms with Gasteiger partial charge >= 0.3 is 0 Å². The maximum Gasteiger partial charge on any atom is 0.173 e. The van der Waals surface area contributed by atoms with Crippen LogP contribution in [0.5, 0.6) is 5.75 Å². The zero-order valence-corrected chi connectivity index (χ0v) is 7.51. The van der Waals surface area contributed by atoms with Crippen molar-refractivity contribution in [2.75, 3.05) is 6.61 Å². The van der Waals surface area contributed by atoms with E-state index in [9.17, 15) is 13.6 Å². The highest BCUT2D eigenvalue weighted by atomic mass is 19.1. The Kier molecular flexibility index (Phi) is 1.98. The standard InChI is InChI=1S/C10H8F2O2/c1-5-4-14-10-7(9(5)13)2-6(11)3-8(10)12/h2-3,5H,4H2,1H3. The number of hydrogen-bond donors (Lipinski definition) is 0. The lowest BCUT2D eigenvalue weighted by Crippen LogP contribution is -2.26. The second kappa shape index (κ2) is 3.04. The van der Waals surface area contributed by atoms with Gasteiger partial charge in [0.2, 0.25) is 0 Å². The van der Waals surface area contributed by atoms with Crippen molar-refractivity contribution in [1.82, 2.24) is 0 Å². The van der Waals surface area contributed by atoms with Gasteiger partial charge in [0.15, 0.2) is 17.3 Å². The van der Waals surface area contributed by atoms with E-state index in [0.717, 1.165) is 6.07 Å². The van der Waals surface area contributed by atoms with Crippen LogP contribution in [0.25, 0.3) is 0 Å². The first-order valence-corrected chi connectivity index (χ1v) is 4.25. The molecule has 1 atom stereocenters. The molecule has 2 nitrogen and oxygen atoms in total. The number of halogens is 2. The molecule has 0 amide bonds. The van der Waals surface area contributed by atoms with Crippen LogP contribution >= 0.6 is 0 Å². The minimum Gasteiger partial charge on any atom is -0.489 e. The van der Waals surface area contributed by atoms with E-state index in [2.05, 4.69) is 0 Å². The van der Waals surface area contributed by atoms with E-state index in [0.29, 0.717) is 6.07 Å². The van der Waals surface area contributed by atoms with Crippen LogP contribution in [0, 0.1) is 17.6 Å². The number of ketones is 1. The molecular weight excluding hydrogens is 190 g/mol. The van der Waals surface area contributed by atoms with Crippen LogP contribution in [0.3, 0.4) is 0 Å². The number of carbonyl (C=O) groups excluding carboxylic acids is 1. The summed E-state index contributed by atoms with van der Waals surface area (Å²) in [6.07, 6.45) is 0. The van der Waals surface area contributed by atoms with Crippen molar-refractivity contribution >= 4 is 5.78 Å². The van der Waals surface area contributed by atoms with Crippen LogP contribution in [0.2, 0.25) is 0 Å². The van der Waals surface area contributed by atoms with E-state index in [-0.39, 0.29) is 29.6 Å². The van der Waals surface area contributed by atoms with Gasteiger partial charge in [-0.3, -0.25) is 4.79 Å². The summed E-state index contributed by atoms with van der Waals surface area (Å²) >= 11 is 0. The summed E-state index contributed by atoms with van der Waals surface area (Å²) in [5.74, 6) is -2.32. The third-order valence-electron chi connectivity index (χ3n) is 2.20. The average molecular weight is 198 g/mol. The van der Waals surface area contributed by atoms with E-state index >= 15 is 0 Å². The van der Waals surface area contributed by atoms with Crippen molar-refractivity contribution < 1.29 is 18.3 Å². The van der Waals surface area contributed by atoms with Crippen LogP contribution < -0.4 is 4.74 Å². The normalized spacial score (nSPS) is 20.2. The highest BCUT2D eigenvalue weighted by molar-refractivity contribution is 6.01. The maximum atomic E-state index is 13.1. The fraction of sp³-hybridized carbons (Fsp3) is 0.300. The van der Waals surface area contributed by atoms with Crippen LogP contribution in [-0.4, -0.2) is 12.4 Å². The molecule has 1 unspecified atom stereocenters. The second-order valence-corrected chi connectivity index (χ2v) is 3.34. The lowest BCUT2D eigenvalue weighted by molar-refractivity contribution is 0.0842. The molecular formula is C10H8F2O2. The van der Waals surface area contributed by atoms with Crippen molar-refractivity contribution in [1.29, 1.82) is 0 Å². The molecule has 4 heteroatoms. The number of hydrogen-bond acceptors (Lipinski definition) is 2. The Balaban J connectivity index is 2.60. The number of rotatable bonds is 0. The minimum absolute atomic E-state index is 0.00116. The van der Waals surface area contributed by atoms with Gasteiger partial charge in [0.05, 0.1) is 18.1 Å². The zero-order chi connectivity index (χ0) is 10.3. The Labute approximate surface area is 79.5 Å². The summed E-state index contributed by atoms with van der Waals surface area (Å²) in [6, 6.07) is 1.72. The van der Waals surface area contributed by atoms with Crippen molar-refractivity contribution in [2.24, 2.45) is 5.92 Å². The highest BCUT2D eigenvalue weighted by Crippen LogP contribution is 2.30. The predicted molar refractivity (Wildman–Crippen MR) is 45.3 cm³/mol. The number of fused-ring (bicyclic) bond motifs is 1. The molecule has 14 heavy (non-hydrogen) atoms. The lowest BCUT2D eigenvalue weighted by atomic mass is 9.96. The first-order chi connectivity index (χ1) is 6.59. The zero-order valence-electron chi connectivity index (χ0n) is 7.51. The molecule has 0 aromatic heterocycles. The number of Topliss-reactive ketones (excluding diaryl/α,β-unsaturated/α-hetero) is 1. The van der Waals surface area contributed by atoms with Gasteiger partial charge in [-0.15, -0.1) is 0 Å². The molecule has 0 N–H and O–H groups in total. The van der Waals surface area contributed by atoms with E-state index < -0.39 is 11.6 Å². The van der Waals surface area contributed by atoms with Crippen LogP contribution in [0.1, 0.15) is 17.3 Å². The summed E-state index contributed by atoms with van der Waals surface area (Å²) < 4.78 is 31.0. The Hall–Kier alpha value is -1.45. The van der Waals surface area contributed by atoms with E-state index in [1.165, 1.54) is 0 Å². The Morgan fingerprint density at radius 2 is 2.14 bits per heavy atom. The van der Waals surface area contributed by atoms with Crippen molar-refractivity contribution in [3.8, 4) is 5.75 Å². The molecule has 74 valence electrons. The van der Waals surface area contributed by atoms with Crippen molar-refractivity contribution in [2.45, 2.75) is 6.92 Å². The van der Waals surface area contributed by atoms with Gasteiger partial charge in [0, 0.05) is 6.07 Å². The van der Waals surface area contributed by atoms with E-state index in [4.69, 9.17) is 4.74 Å². The largest absolute Gasteiger partial charge is 0.489 e. The lowest BCUT2D eigenvalue weighted by Gasteiger charge is -2.21. The predicted octanol–water partition coefficient (Wildman–Crippen LogP) is 2.18. The van der Waals surface area contributed by atoms with Gasteiger partial charge in [-0.05, 0) is 6.07 Å². The van der Waals surface area contributed by atoms with Crippen molar-refractivity contribution in [3.63, 3.8) is 0 Å². The topological polar surface area (TPSA) is 26.3 Å². The van der Waals surface area contributed by atoms with Gasteiger partial charge in [0.1, 0.15) is 5.82 Å². The van der Waals surface area contributed by atoms with Crippen molar-refractivity contribution in [3.05, 3.63) is 29.3 Å². The van der Waals surface area contributed by atoms with Crippen LogP contribution in [0.15, 0.2) is 12.1 Å². The first kappa shape index (κ1) is 9.12. The molecule has 1 aromatic rings. The third-order valence-corrected chi connectivity index (χ3v) is 2.20. The van der Waals surface area contributed by atoms with Gasteiger partial charge in [-0.25, -0.2) is 8.78 Å². The van der Waals surface area contributed by atoms with Crippen LogP contribution in [0.4, 0.5) is 8.78 Å². The van der Waals surface area contributed by atoms with E-state index in [1.54, 1.807) is 6.92 Å². The fourth-order valence-corrected chi connectivity index (χ4v) is 1.44. The quantitative estimate of drug-likeness (QED) is 0.638. The molecule has 0 saturated heterocycles. The summed E-state index contributed by atoms with van der Waals surface area (Å²) in [6.45, 7) is 1.81. The third kappa shape index (κ3) is 1.27. The molecule has 0 fully saturated rings. The summed E-state index contributed by atoms with van der Waals surface area (Å²) in [4.78, 5) is 11.5. The molecule has 1 aromatic carbocycles. The molecule has 1 aliphatic heterocycles. The monoisotopic (exact) mass is 198 g/mol. The summed E-state index contributed by atoms with van der Waals surface area (Å²) in [5, 5.41) is 0. The molecule has 1 heterocycles. The molecule has 2 rings (SSSR count). The molecule has 0 bridgehead atoms.